The van der Waals surface area contributed by atoms with Crippen molar-refractivity contribution < 1.29 is 4.79 Å². The Morgan fingerprint density at radius 3 is 2.62 bits per heavy atom. The summed E-state index contributed by atoms with van der Waals surface area (Å²) in [5, 5.41) is 3.78. The molecular formula is C21H22N2O. The second-order valence-corrected chi connectivity index (χ2v) is 7.64. The molecular weight excluding hydrogens is 296 g/mol. The number of carbonyl (C=O) groups excluding carboxylic acids is 1. The van der Waals surface area contributed by atoms with E-state index in [1.54, 1.807) is 0 Å². The van der Waals surface area contributed by atoms with E-state index in [0.29, 0.717) is 23.4 Å². The van der Waals surface area contributed by atoms with Crippen molar-refractivity contribution in [2.24, 2.45) is 23.5 Å². The van der Waals surface area contributed by atoms with Gasteiger partial charge in [-0.15, -0.1) is 0 Å². The molecule has 0 spiro atoms. The Balaban J connectivity index is 1.64. The van der Waals surface area contributed by atoms with Crippen LogP contribution in [0.1, 0.15) is 52.7 Å². The van der Waals surface area contributed by atoms with E-state index in [4.69, 9.17) is 5.73 Å². The Hall–Kier alpha value is -2.29. The maximum absolute atomic E-state index is 11.6. The van der Waals surface area contributed by atoms with Crippen LogP contribution in [0.5, 0.6) is 0 Å². The second kappa shape index (κ2) is 5.10. The van der Waals surface area contributed by atoms with Gasteiger partial charge in [0.1, 0.15) is 0 Å². The molecule has 2 aliphatic carbocycles. The lowest BCUT2D eigenvalue weighted by Crippen LogP contribution is -2.35. The van der Waals surface area contributed by atoms with Crippen molar-refractivity contribution in [1.29, 1.82) is 0 Å². The highest BCUT2D eigenvalue weighted by Crippen LogP contribution is 2.63. The Kier molecular flexibility index (Phi) is 2.99. The van der Waals surface area contributed by atoms with Crippen LogP contribution >= 0.6 is 0 Å². The molecule has 1 aliphatic heterocycles. The molecule has 0 aromatic heterocycles. The molecule has 5 rings (SSSR count). The van der Waals surface area contributed by atoms with E-state index in [9.17, 15) is 4.79 Å². The molecule has 122 valence electrons. The van der Waals surface area contributed by atoms with Crippen LogP contribution in [-0.4, -0.2) is 5.91 Å². The monoisotopic (exact) mass is 318 g/mol. The third-order valence-corrected chi connectivity index (χ3v) is 6.53. The van der Waals surface area contributed by atoms with Gasteiger partial charge in [0.25, 0.3) is 0 Å². The Labute approximate surface area is 142 Å². The van der Waals surface area contributed by atoms with Crippen LogP contribution in [0.25, 0.3) is 0 Å². The summed E-state index contributed by atoms with van der Waals surface area (Å²) in [5.74, 6) is 2.41. The van der Waals surface area contributed by atoms with E-state index in [-0.39, 0.29) is 5.91 Å². The summed E-state index contributed by atoms with van der Waals surface area (Å²) >= 11 is 0. The molecule has 2 bridgehead atoms. The molecule has 0 radical (unpaired) electrons. The van der Waals surface area contributed by atoms with Gasteiger partial charge in [0.2, 0.25) is 5.91 Å². The molecule has 3 heteroatoms. The van der Waals surface area contributed by atoms with Crippen LogP contribution in [-0.2, 0) is 0 Å². The number of anilines is 1. The van der Waals surface area contributed by atoms with Gasteiger partial charge in [-0.2, -0.15) is 0 Å². The van der Waals surface area contributed by atoms with Gasteiger partial charge < -0.3 is 11.1 Å². The van der Waals surface area contributed by atoms with E-state index in [1.807, 2.05) is 18.2 Å². The molecule has 0 unspecified atom stereocenters. The largest absolute Gasteiger partial charge is 0.378 e. The first-order chi connectivity index (χ1) is 11.7. The average molecular weight is 318 g/mol. The molecule has 2 aromatic carbocycles. The smallest absolute Gasteiger partial charge is 0.248 e. The summed E-state index contributed by atoms with van der Waals surface area (Å²) in [6, 6.07) is 17.1. The Bertz CT molecular complexity index is 801. The van der Waals surface area contributed by atoms with Crippen molar-refractivity contribution >= 4 is 11.6 Å². The summed E-state index contributed by atoms with van der Waals surface area (Å²) in [5.41, 5.74) is 10.0. The standard InChI is InChI=1S/C21H22N2O/c22-21(24)15-8-9-17-16(11-15)18-13-6-7-14(10-13)19(18)20(23-17)12-4-2-1-3-5-12/h1-5,8-9,11,13-14,18-20,23H,6-7,10H2,(H2,22,24)/t13-,14+,18-,19-,20+/m1/s1. The minimum atomic E-state index is -0.331. The van der Waals surface area contributed by atoms with Gasteiger partial charge in [-0.1, -0.05) is 30.3 Å². The minimum Gasteiger partial charge on any atom is -0.378 e. The number of hydrogen-bond acceptors (Lipinski definition) is 2. The van der Waals surface area contributed by atoms with Crippen LogP contribution in [0.3, 0.4) is 0 Å². The van der Waals surface area contributed by atoms with Gasteiger partial charge in [-0.3, -0.25) is 4.79 Å². The van der Waals surface area contributed by atoms with Crippen molar-refractivity contribution in [3.63, 3.8) is 0 Å². The van der Waals surface area contributed by atoms with E-state index in [1.165, 1.54) is 36.1 Å². The molecule has 2 saturated carbocycles. The zero-order valence-electron chi connectivity index (χ0n) is 13.6. The summed E-state index contributed by atoms with van der Waals surface area (Å²) in [6.45, 7) is 0. The highest BCUT2D eigenvalue weighted by molar-refractivity contribution is 5.93. The SMILES string of the molecule is NC(=O)c1ccc2c(c1)[C@H]1[C@@H]3CC[C@@H](C3)[C@H]1[C@H](c1ccccc1)N2. The van der Waals surface area contributed by atoms with Gasteiger partial charge in [-0.25, -0.2) is 0 Å². The number of amides is 1. The number of benzene rings is 2. The quantitative estimate of drug-likeness (QED) is 0.876. The first-order valence-corrected chi connectivity index (χ1v) is 8.97. The van der Waals surface area contributed by atoms with Crippen LogP contribution in [0, 0.1) is 17.8 Å². The fourth-order valence-corrected chi connectivity index (χ4v) is 5.63. The minimum absolute atomic E-state index is 0.331. The van der Waals surface area contributed by atoms with E-state index >= 15 is 0 Å². The van der Waals surface area contributed by atoms with Crippen LogP contribution in [0.4, 0.5) is 5.69 Å². The Morgan fingerprint density at radius 2 is 1.83 bits per heavy atom. The zero-order valence-corrected chi connectivity index (χ0v) is 13.6. The number of rotatable bonds is 2. The number of nitrogens with one attached hydrogen (secondary N) is 1. The molecule has 24 heavy (non-hydrogen) atoms. The molecule has 3 nitrogen and oxygen atoms in total. The highest BCUT2D eigenvalue weighted by Gasteiger charge is 2.53. The van der Waals surface area contributed by atoms with Crippen molar-refractivity contribution in [3.05, 3.63) is 65.2 Å². The average Bonchev–Trinajstić information content (AvgIpc) is 3.23. The van der Waals surface area contributed by atoms with Gasteiger partial charge >= 0.3 is 0 Å². The fraction of sp³-hybridized carbons (Fsp3) is 0.381. The van der Waals surface area contributed by atoms with E-state index in [0.717, 1.165) is 11.8 Å². The topological polar surface area (TPSA) is 55.1 Å². The predicted molar refractivity (Wildman–Crippen MR) is 94.8 cm³/mol. The Morgan fingerprint density at radius 1 is 1.04 bits per heavy atom. The van der Waals surface area contributed by atoms with Gasteiger partial charge in [0.05, 0.1) is 6.04 Å². The highest BCUT2D eigenvalue weighted by atomic mass is 16.1. The lowest BCUT2D eigenvalue weighted by Gasteiger charge is -2.43. The van der Waals surface area contributed by atoms with E-state index in [2.05, 4.69) is 35.6 Å². The number of fused-ring (bicyclic) bond motifs is 7. The van der Waals surface area contributed by atoms with Crippen molar-refractivity contribution in [3.8, 4) is 0 Å². The summed E-state index contributed by atoms with van der Waals surface area (Å²) < 4.78 is 0. The fourth-order valence-electron chi connectivity index (χ4n) is 5.63. The first-order valence-electron chi connectivity index (χ1n) is 8.97. The van der Waals surface area contributed by atoms with Crippen LogP contribution in [0.15, 0.2) is 48.5 Å². The molecule has 1 heterocycles. The lowest BCUT2D eigenvalue weighted by atomic mass is 9.68. The van der Waals surface area contributed by atoms with Crippen LogP contribution in [0.2, 0.25) is 0 Å². The van der Waals surface area contributed by atoms with Gasteiger partial charge in [0, 0.05) is 11.3 Å². The molecule has 3 N–H and O–H groups in total. The number of nitrogens with two attached hydrogens (primary N) is 1. The summed E-state index contributed by atoms with van der Waals surface area (Å²) in [4.78, 5) is 11.6. The third-order valence-electron chi connectivity index (χ3n) is 6.53. The summed E-state index contributed by atoms with van der Waals surface area (Å²) in [7, 11) is 0. The second-order valence-electron chi connectivity index (χ2n) is 7.64. The third kappa shape index (κ3) is 1.94. The lowest BCUT2D eigenvalue weighted by molar-refractivity contribution is 0.1000. The summed E-state index contributed by atoms with van der Waals surface area (Å²) in [6.07, 6.45) is 4.01. The number of hydrogen-bond donors (Lipinski definition) is 2. The van der Waals surface area contributed by atoms with Gasteiger partial charge in [-0.05, 0) is 72.3 Å². The van der Waals surface area contributed by atoms with Crippen molar-refractivity contribution in [1.82, 2.24) is 0 Å². The number of primary amides is 1. The normalized spacial score (nSPS) is 32.8. The molecule has 0 saturated heterocycles. The molecule has 1 amide bonds. The molecule has 3 aliphatic rings. The van der Waals surface area contributed by atoms with Crippen LogP contribution < -0.4 is 11.1 Å². The van der Waals surface area contributed by atoms with Crippen molar-refractivity contribution in [2.45, 2.75) is 31.2 Å². The zero-order chi connectivity index (χ0) is 16.3. The first kappa shape index (κ1) is 14.1. The maximum Gasteiger partial charge on any atom is 0.248 e. The predicted octanol–water partition coefficient (Wildman–Crippen LogP) is 4.08. The molecule has 2 fully saturated rings. The van der Waals surface area contributed by atoms with Gasteiger partial charge in [0.15, 0.2) is 0 Å². The maximum atomic E-state index is 11.6. The molecule has 5 atom stereocenters. The molecule has 2 aromatic rings. The van der Waals surface area contributed by atoms with E-state index < -0.39 is 0 Å². The van der Waals surface area contributed by atoms with Crippen molar-refractivity contribution in [2.75, 3.05) is 5.32 Å². The number of carbonyl (C=O) groups is 1.